The quantitative estimate of drug-likeness (QED) is 0.763. The fraction of sp³-hybridized carbons (Fsp3) is 0.316. The molecule has 0 radical (unpaired) electrons. The minimum absolute atomic E-state index is 0.0982. The Morgan fingerprint density at radius 3 is 2.69 bits per heavy atom. The van der Waals surface area contributed by atoms with Crippen molar-refractivity contribution in [1.82, 2.24) is 9.55 Å². The van der Waals surface area contributed by atoms with Crippen molar-refractivity contribution < 1.29 is 9.53 Å². The van der Waals surface area contributed by atoms with E-state index < -0.39 is 0 Å². The van der Waals surface area contributed by atoms with Crippen molar-refractivity contribution in [2.24, 2.45) is 0 Å². The van der Waals surface area contributed by atoms with Gasteiger partial charge in [0, 0.05) is 4.88 Å². The zero-order valence-corrected chi connectivity index (χ0v) is 16.3. The van der Waals surface area contributed by atoms with E-state index >= 15 is 0 Å². The maximum atomic E-state index is 12.9. The Balaban J connectivity index is 1.94. The maximum Gasteiger partial charge on any atom is 0.263 e. The number of benzene rings is 1. The number of thiophene rings is 1. The van der Waals surface area contributed by atoms with Crippen molar-refractivity contribution in [3.63, 3.8) is 0 Å². The number of ether oxygens (including phenoxy) is 1. The number of methoxy groups -OCH3 is 1. The molecule has 3 aromatic rings. The SMILES string of the molecule is COc1ccc(C)cc1NC(=O)Cn1c(C)nc2sc(C)c(C)c2c1=O. The molecule has 0 saturated heterocycles. The third kappa shape index (κ3) is 3.22. The number of aryl methyl sites for hydroxylation is 4. The topological polar surface area (TPSA) is 73.2 Å². The fourth-order valence-corrected chi connectivity index (χ4v) is 3.93. The molecule has 136 valence electrons. The first-order valence-electron chi connectivity index (χ1n) is 8.23. The Morgan fingerprint density at radius 2 is 2.00 bits per heavy atom. The highest BCUT2D eigenvalue weighted by atomic mass is 32.1. The molecule has 0 atom stereocenters. The molecule has 26 heavy (non-hydrogen) atoms. The molecule has 0 aliphatic rings. The lowest BCUT2D eigenvalue weighted by Crippen LogP contribution is -2.30. The number of aromatic nitrogens is 2. The maximum absolute atomic E-state index is 12.9. The summed E-state index contributed by atoms with van der Waals surface area (Å²) in [6.07, 6.45) is 0. The molecule has 2 aromatic heterocycles. The highest BCUT2D eigenvalue weighted by Gasteiger charge is 2.17. The van der Waals surface area contributed by atoms with Crippen LogP contribution >= 0.6 is 11.3 Å². The highest BCUT2D eigenvalue weighted by molar-refractivity contribution is 7.18. The van der Waals surface area contributed by atoms with E-state index in [0.29, 0.717) is 22.6 Å². The van der Waals surface area contributed by atoms with Gasteiger partial charge in [0.15, 0.2) is 0 Å². The second-order valence-electron chi connectivity index (χ2n) is 6.27. The van der Waals surface area contributed by atoms with E-state index in [9.17, 15) is 9.59 Å². The molecule has 1 amide bonds. The summed E-state index contributed by atoms with van der Waals surface area (Å²) in [5.74, 6) is 0.797. The summed E-state index contributed by atoms with van der Waals surface area (Å²) >= 11 is 1.50. The van der Waals surface area contributed by atoms with Crippen LogP contribution in [0.4, 0.5) is 5.69 Å². The number of carbonyl (C=O) groups excluding carboxylic acids is 1. The third-order valence-corrected chi connectivity index (χ3v) is 5.51. The summed E-state index contributed by atoms with van der Waals surface area (Å²) in [5.41, 5.74) is 2.33. The minimum atomic E-state index is -0.301. The lowest BCUT2D eigenvalue weighted by atomic mass is 10.2. The average Bonchev–Trinajstić information content (AvgIpc) is 2.86. The van der Waals surface area contributed by atoms with Gasteiger partial charge < -0.3 is 10.1 Å². The van der Waals surface area contributed by atoms with Gasteiger partial charge in [-0.3, -0.25) is 14.2 Å². The van der Waals surface area contributed by atoms with Crippen molar-refractivity contribution in [3.8, 4) is 5.75 Å². The van der Waals surface area contributed by atoms with Crippen molar-refractivity contribution in [2.75, 3.05) is 12.4 Å². The van der Waals surface area contributed by atoms with Crippen molar-refractivity contribution in [1.29, 1.82) is 0 Å². The number of carbonyl (C=O) groups is 1. The van der Waals surface area contributed by atoms with Crippen LogP contribution in [-0.2, 0) is 11.3 Å². The number of hydrogen-bond acceptors (Lipinski definition) is 5. The number of rotatable bonds is 4. The van der Waals surface area contributed by atoms with Crippen LogP contribution < -0.4 is 15.6 Å². The van der Waals surface area contributed by atoms with E-state index in [2.05, 4.69) is 10.3 Å². The van der Waals surface area contributed by atoms with Crippen LogP contribution in [0.15, 0.2) is 23.0 Å². The molecule has 0 unspecified atom stereocenters. The lowest BCUT2D eigenvalue weighted by molar-refractivity contribution is -0.116. The molecule has 0 spiro atoms. The molecular weight excluding hydrogens is 350 g/mol. The zero-order valence-electron chi connectivity index (χ0n) is 15.5. The molecule has 1 aromatic carbocycles. The number of amides is 1. The number of nitrogens with zero attached hydrogens (tertiary/aromatic N) is 2. The Hall–Kier alpha value is -2.67. The Morgan fingerprint density at radius 1 is 1.27 bits per heavy atom. The first kappa shape index (κ1) is 18.1. The molecular formula is C19H21N3O3S. The lowest BCUT2D eigenvalue weighted by Gasteiger charge is -2.13. The van der Waals surface area contributed by atoms with E-state index in [0.717, 1.165) is 20.8 Å². The normalized spacial score (nSPS) is 11.0. The van der Waals surface area contributed by atoms with E-state index in [1.165, 1.54) is 15.9 Å². The Labute approximate surface area is 155 Å². The van der Waals surface area contributed by atoms with Crippen molar-refractivity contribution >= 4 is 33.1 Å². The van der Waals surface area contributed by atoms with Crippen LogP contribution in [0.1, 0.15) is 21.8 Å². The summed E-state index contributed by atoms with van der Waals surface area (Å²) in [6, 6.07) is 5.54. The van der Waals surface area contributed by atoms with Gasteiger partial charge in [0.25, 0.3) is 5.56 Å². The highest BCUT2D eigenvalue weighted by Crippen LogP contribution is 2.27. The first-order valence-corrected chi connectivity index (χ1v) is 9.05. The first-order chi connectivity index (χ1) is 12.3. The van der Waals surface area contributed by atoms with Gasteiger partial charge in [-0.25, -0.2) is 4.98 Å². The van der Waals surface area contributed by atoms with E-state index in [-0.39, 0.29) is 18.0 Å². The van der Waals surface area contributed by atoms with Crippen LogP contribution in [0.2, 0.25) is 0 Å². The van der Waals surface area contributed by atoms with Gasteiger partial charge in [-0.1, -0.05) is 6.07 Å². The second kappa shape index (κ2) is 6.92. The minimum Gasteiger partial charge on any atom is -0.495 e. The standard InChI is InChI=1S/C19H21N3O3S/c1-10-6-7-15(25-5)14(8-10)21-16(23)9-22-13(4)20-18-17(19(22)24)11(2)12(3)26-18/h6-8H,9H2,1-5H3,(H,21,23). The van der Waals surface area contributed by atoms with Crippen molar-refractivity contribution in [3.05, 3.63) is 50.4 Å². The third-order valence-electron chi connectivity index (χ3n) is 4.41. The van der Waals surface area contributed by atoms with Gasteiger partial charge in [-0.15, -0.1) is 11.3 Å². The predicted octanol–water partition coefficient (Wildman–Crippen LogP) is 3.34. The Bertz CT molecular complexity index is 1070. The van der Waals surface area contributed by atoms with Gasteiger partial charge in [0.1, 0.15) is 22.9 Å². The smallest absolute Gasteiger partial charge is 0.263 e. The van der Waals surface area contributed by atoms with Crippen LogP contribution in [0.5, 0.6) is 5.75 Å². The van der Waals surface area contributed by atoms with Crippen molar-refractivity contribution in [2.45, 2.75) is 34.2 Å². The van der Waals surface area contributed by atoms with Crippen LogP contribution in [0.25, 0.3) is 10.2 Å². The van der Waals surface area contributed by atoms with Crippen LogP contribution in [0.3, 0.4) is 0 Å². The van der Waals surface area contributed by atoms with Gasteiger partial charge in [-0.2, -0.15) is 0 Å². The molecule has 3 rings (SSSR count). The molecule has 2 heterocycles. The van der Waals surface area contributed by atoms with E-state index in [1.54, 1.807) is 20.1 Å². The molecule has 0 bridgehead atoms. The molecule has 0 fully saturated rings. The Kier molecular flexibility index (Phi) is 4.82. The monoisotopic (exact) mass is 371 g/mol. The molecule has 7 heteroatoms. The van der Waals surface area contributed by atoms with Gasteiger partial charge in [0.05, 0.1) is 18.2 Å². The van der Waals surface area contributed by atoms with Crippen LogP contribution in [0, 0.1) is 27.7 Å². The van der Waals surface area contributed by atoms with Gasteiger partial charge in [-0.05, 0) is 51.0 Å². The summed E-state index contributed by atoms with van der Waals surface area (Å²) in [4.78, 5) is 31.7. The number of hydrogen-bond donors (Lipinski definition) is 1. The molecule has 0 aliphatic carbocycles. The van der Waals surface area contributed by atoms with Gasteiger partial charge >= 0.3 is 0 Å². The summed E-state index contributed by atoms with van der Waals surface area (Å²) in [7, 11) is 1.55. The molecule has 1 N–H and O–H groups in total. The predicted molar refractivity (Wildman–Crippen MR) is 104 cm³/mol. The summed E-state index contributed by atoms with van der Waals surface area (Å²) < 4.78 is 6.70. The molecule has 6 nitrogen and oxygen atoms in total. The number of fused-ring (bicyclic) bond motifs is 1. The van der Waals surface area contributed by atoms with Gasteiger partial charge in [0.2, 0.25) is 5.91 Å². The number of nitrogens with one attached hydrogen (secondary N) is 1. The molecule has 0 aliphatic heterocycles. The van der Waals surface area contributed by atoms with E-state index in [1.807, 2.05) is 32.9 Å². The average molecular weight is 371 g/mol. The fourth-order valence-electron chi connectivity index (χ4n) is 2.87. The van der Waals surface area contributed by atoms with Crippen LogP contribution in [-0.4, -0.2) is 22.6 Å². The largest absolute Gasteiger partial charge is 0.495 e. The summed E-state index contributed by atoms with van der Waals surface area (Å²) in [5, 5.41) is 3.42. The summed E-state index contributed by atoms with van der Waals surface area (Å²) in [6.45, 7) is 7.46. The number of anilines is 1. The zero-order chi connectivity index (χ0) is 19.0. The van der Waals surface area contributed by atoms with E-state index in [4.69, 9.17) is 4.74 Å². The molecule has 0 saturated carbocycles. The second-order valence-corrected chi connectivity index (χ2v) is 7.47.